The number of benzene rings is 1. The fourth-order valence-electron chi connectivity index (χ4n) is 4.78. The molecular weight excluding hydrogens is 424 g/mol. The Bertz CT molecular complexity index is 1040. The van der Waals surface area contributed by atoms with Crippen LogP contribution in [-0.2, 0) is 16.1 Å². The minimum Gasteiger partial charge on any atom is -0.465 e. The minimum atomic E-state index is -0.369. The maximum atomic E-state index is 12.7. The zero-order valence-electron chi connectivity index (χ0n) is 22.0. The molecule has 0 aliphatic carbocycles. The lowest BCUT2D eigenvalue weighted by atomic mass is 9.84. The lowest BCUT2D eigenvalue weighted by molar-refractivity contribution is -0.121. The van der Waals surface area contributed by atoms with E-state index in [1.807, 2.05) is 25.1 Å². The summed E-state index contributed by atoms with van der Waals surface area (Å²) in [6.07, 6.45) is 11.8. The highest BCUT2D eigenvalue weighted by Gasteiger charge is 2.28. The molecule has 5 heteroatoms. The normalized spacial score (nSPS) is 13.1. The van der Waals surface area contributed by atoms with Crippen molar-refractivity contribution in [2.75, 3.05) is 14.2 Å². The number of hydrogen-bond donors (Lipinski definition) is 1. The van der Waals surface area contributed by atoms with Crippen molar-refractivity contribution in [1.82, 2.24) is 9.88 Å². The lowest BCUT2D eigenvalue weighted by Gasteiger charge is -2.23. The number of aromatic nitrogens is 1. The van der Waals surface area contributed by atoms with E-state index in [1.54, 1.807) is 7.05 Å². The van der Waals surface area contributed by atoms with Crippen LogP contribution in [-0.4, -0.2) is 30.6 Å². The van der Waals surface area contributed by atoms with Gasteiger partial charge < -0.3 is 14.6 Å². The predicted molar refractivity (Wildman–Crippen MR) is 142 cm³/mol. The Labute approximate surface area is 205 Å². The first-order valence-electron chi connectivity index (χ1n) is 12.6. The molecular formula is C29H42N2O3. The second kappa shape index (κ2) is 13.2. The van der Waals surface area contributed by atoms with Gasteiger partial charge in [0, 0.05) is 29.6 Å². The molecule has 0 saturated carbocycles. The summed E-state index contributed by atoms with van der Waals surface area (Å²) in [7, 11) is 3.06. The minimum absolute atomic E-state index is 0.0563. The average Bonchev–Trinajstić information content (AvgIpc) is 3.16. The Morgan fingerprint density at radius 1 is 1.15 bits per heavy atom. The molecule has 0 fully saturated rings. The van der Waals surface area contributed by atoms with Crippen molar-refractivity contribution in [3.8, 4) is 0 Å². The van der Waals surface area contributed by atoms with Crippen LogP contribution in [0.25, 0.3) is 10.9 Å². The Kier molecular flexibility index (Phi) is 10.6. The van der Waals surface area contributed by atoms with Gasteiger partial charge in [0.2, 0.25) is 5.91 Å². The van der Waals surface area contributed by atoms with E-state index in [0.717, 1.165) is 43.0 Å². The summed E-state index contributed by atoms with van der Waals surface area (Å²) < 4.78 is 7.13. The number of esters is 1. The van der Waals surface area contributed by atoms with E-state index in [1.165, 1.54) is 23.9 Å². The van der Waals surface area contributed by atoms with Crippen LogP contribution in [0.15, 0.2) is 42.0 Å². The third kappa shape index (κ3) is 6.19. The van der Waals surface area contributed by atoms with Crippen molar-refractivity contribution >= 4 is 22.8 Å². The number of allylic oxidation sites excluding steroid dienone is 4. The third-order valence-electron chi connectivity index (χ3n) is 6.67. The molecule has 1 N–H and O–H groups in total. The molecule has 2 rings (SSSR count). The molecule has 0 radical (unpaired) electrons. The summed E-state index contributed by atoms with van der Waals surface area (Å²) in [5.41, 5.74) is 5.15. The topological polar surface area (TPSA) is 60.3 Å². The average molecular weight is 467 g/mol. The van der Waals surface area contributed by atoms with Gasteiger partial charge in [-0.1, -0.05) is 63.5 Å². The number of ether oxygens (including phenoxy) is 1. The van der Waals surface area contributed by atoms with Gasteiger partial charge in [0.15, 0.2) is 0 Å². The maximum Gasteiger partial charge on any atom is 0.337 e. The quantitative estimate of drug-likeness (QED) is 0.274. The van der Waals surface area contributed by atoms with E-state index in [4.69, 9.17) is 4.74 Å². The molecule has 0 saturated heterocycles. The molecule has 1 aromatic heterocycles. The highest BCUT2D eigenvalue weighted by Crippen LogP contribution is 2.42. The van der Waals surface area contributed by atoms with E-state index in [0.29, 0.717) is 11.5 Å². The zero-order valence-corrected chi connectivity index (χ0v) is 22.0. The van der Waals surface area contributed by atoms with Crippen molar-refractivity contribution in [1.29, 1.82) is 0 Å². The van der Waals surface area contributed by atoms with Crippen LogP contribution in [0.4, 0.5) is 0 Å². The van der Waals surface area contributed by atoms with Crippen LogP contribution in [0.5, 0.6) is 0 Å². The summed E-state index contributed by atoms with van der Waals surface area (Å²) in [5.74, 6) is 0.124. The summed E-state index contributed by atoms with van der Waals surface area (Å²) in [5, 5.41) is 3.91. The van der Waals surface area contributed by atoms with Gasteiger partial charge in [-0.05, 0) is 56.7 Å². The number of hydrogen-bond acceptors (Lipinski definition) is 3. The Balaban J connectivity index is 2.95. The number of rotatable bonds is 12. The summed E-state index contributed by atoms with van der Waals surface area (Å²) in [4.78, 5) is 25.0. The Morgan fingerprint density at radius 2 is 1.82 bits per heavy atom. The molecule has 1 aromatic carbocycles. The standard InChI is InChI=1S/C29H42N2O3/c1-8-12-22(13-9-2)27-24-17-16-23(29(33)34-7)18-25(24)31(19-26(32)30-6)28(27)21(11-4)15-14-20(5)10-3/h10,14-18,21-22H,8-9,11-13,19H2,1-7H3,(H,30,32)/b15-14-,20-10-. The van der Waals surface area contributed by atoms with Crippen molar-refractivity contribution in [2.24, 2.45) is 0 Å². The van der Waals surface area contributed by atoms with Gasteiger partial charge >= 0.3 is 5.97 Å². The summed E-state index contributed by atoms with van der Waals surface area (Å²) in [6, 6.07) is 5.79. The van der Waals surface area contributed by atoms with E-state index in [9.17, 15) is 9.59 Å². The SMILES string of the molecule is C/C=C(C)\C=C/C(CC)c1c(C(CCC)CCC)c2ccc(C(=O)OC)cc2n1CC(=O)NC. The molecule has 1 atom stereocenters. The Hall–Kier alpha value is -2.82. The molecule has 1 amide bonds. The van der Waals surface area contributed by atoms with Gasteiger partial charge in [-0.25, -0.2) is 4.79 Å². The summed E-state index contributed by atoms with van der Waals surface area (Å²) in [6.45, 7) is 11.0. The number of nitrogens with one attached hydrogen (secondary N) is 1. The smallest absolute Gasteiger partial charge is 0.337 e. The lowest BCUT2D eigenvalue weighted by Crippen LogP contribution is -2.25. The number of carbonyl (C=O) groups excluding carboxylic acids is 2. The molecule has 0 aliphatic rings. The Morgan fingerprint density at radius 3 is 2.35 bits per heavy atom. The number of carbonyl (C=O) groups is 2. The van der Waals surface area contributed by atoms with E-state index in [2.05, 4.69) is 55.8 Å². The summed E-state index contributed by atoms with van der Waals surface area (Å²) >= 11 is 0. The first-order chi connectivity index (χ1) is 16.4. The van der Waals surface area contributed by atoms with E-state index >= 15 is 0 Å². The van der Waals surface area contributed by atoms with Crippen LogP contribution in [0.1, 0.15) is 100 Å². The molecule has 5 nitrogen and oxygen atoms in total. The molecule has 186 valence electrons. The number of methoxy groups -OCH3 is 1. The fourth-order valence-corrected chi connectivity index (χ4v) is 4.78. The van der Waals surface area contributed by atoms with Crippen LogP contribution in [0.3, 0.4) is 0 Å². The molecule has 2 aromatic rings. The number of nitrogens with zero attached hydrogens (tertiary/aromatic N) is 1. The van der Waals surface area contributed by atoms with Crippen LogP contribution >= 0.6 is 0 Å². The predicted octanol–water partition coefficient (Wildman–Crippen LogP) is 6.87. The maximum absolute atomic E-state index is 12.7. The fraction of sp³-hybridized carbons (Fsp3) is 0.517. The molecule has 0 aliphatic heterocycles. The van der Waals surface area contributed by atoms with Gasteiger partial charge in [0.05, 0.1) is 12.7 Å². The van der Waals surface area contributed by atoms with Gasteiger partial charge in [-0.3, -0.25) is 4.79 Å². The van der Waals surface area contributed by atoms with Crippen LogP contribution in [0, 0.1) is 0 Å². The van der Waals surface area contributed by atoms with Crippen molar-refractivity contribution in [2.45, 2.75) is 85.1 Å². The monoisotopic (exact) mass is 466 g/mol. The zero-order chi connectivity index (χ0) is 25.3. The second-order valence-electron chi connectivity index (χ2n) is 8.96. The second-order valence-corrected chi connectivity index (χ2v) is 8.96. The van der Waals surface area contributed by atoms with Crippen molar-refractivity contribution in [3.05, 3.63) is 58.8 Å². The van der Waals surface area contributed by atoms with Gasteiger partial charge in [-0.2, -0.15) is 0 Å². The highest BCUT2D eigenvalue weighted by atomic mass is 16.5. The molecule has 1 heterocycles. The largest absolute Gasteiger partial charge is 0.465 e. The molecule has 0 spiro atoms. The van der Waals surface area contributed by atoms with Crippen LogP contribution in [0.2, 0.25) is 0 Å². The third-order valence-corrected chi connectivity index (χ3v) is 6.67. The van der Waals surface area contributed by atoms with Crippen molar-refractivity contribution in [3.63, 3.8) is 0 Å². The van der Waals surface area contributed by atoms with E-state index in [-0.39, 0.29) is 24.3 Å². The number of amides is 1. The molecule has 1 unspecified atom stereocenters. The molecule has 0 bridgehead atoms. The number of fused-ring (bicyclic) bond motifs is 1. The first-order valence-corrected chi connectivity index (χ1v) is 12.6. The van der Waals surface area contributed by atoms with E-state index < -0.39 is 0 Å². The number of likely N-dealkylation sites (N-methyl/N-ethyl adjacent to an activating group) is 1. The van der Waals surface area contributed by atoms with Crippen LogP contribution < -0.4 is 5.32 Å². The highest BCUT2D eigenvalue weighted by molar-refractivity contribution is 5.97. The van der Waals surface area contributed by atoms with Gasteiger partial charge in [0.1, 0.15) is 6.54 Å². The van der Waals surface area contributed by atoms with Crippen molar-refractivity contribution < 1.29 is 14.3 Å². The van der Waals surface area contributed by atoms with Gasteiger partial charge in [0.25, 0.3) is 0 Å². The first kappa shape index (κ1) is 27.4. The van der Waals surface area contributed by atoms with Gasteiger partial charge in [-0.15, -0.1) is 0 Å². The molecule has 34 heavy (non-hydrogen) atoms.